The van der Waals surface area contributed by atoms with E-state index in [2.05, 4.69) is 15.5 Å². The maximum atomic E-state index is 12.5. The molecule has 2 heterocycles. The van der Waals surface area contributed by atoms with E-state index in [1.165, 1.54) is 34.0 Å². The van der Waals surface area contributed by atoms with Crippen LogP contribution >= 0.6 is 11.3 Å². The van der Waals surface area contributed by atoms with Crippen molar-refractivity contribution in [3.63, 3.8) is 0 Å². The molecule has 0 aliphatic carbocycles. The van der Waals surface area contributed by atoms with Gasteiger partial charge in [-0.05, 0) is 12.8 Å². The minimum Gasteiger partial charge on any atom is -0.300 e. The molecular formula is C16H21N5O3S2. The summed E-state index contributed by atoms with van der Waals surface area (Å²) in [6.45, 7) is 0.609. The maximum Gasteiger partial charge on any atom is 0.281 e. The molecule has 26 heavy (non-hydrogen) atoms. The second kappa shape index (κ2) is 7.78. The number of hydrogen-bond donors (Lipinski definition) is 1. The first kappa shape index (κ1) is 18.9. The van der Waals surface area contributed by atoms with Crippen LogP contribution in [0.15, 0.2) is 30.3 Å². The van der Waals surface area contributed by atoms with Gasteiger partial charge in [-0.2, -0.15) is 17.0 Å². The summed E-state index contributed by atoms with van der Waals surface area (Å²) < 4.78 is 27.1. The van der Waals surface area contributed by atoms with Gasteiger partial charge in [0.15, 0.2) is 0 Å². The molecule has 0 bridgehead atoms. The van der Waals surface area contributed by atoms with Crippen LogP contribution in [0.4, 0.5) is 5.13 Å². The first-order valence-electron chi connectivity index (χ1n) is 8.25. The second-order valence-corrected chi connectivity index (χ2v) is 9.37. The lowest BCUT2D eigenvalue weighted by Gasteiger charge is -2.32. The molecule has 1 fully saturated rings. The van der Waals surface area contributed by atoms with E-state index < -0.39 is 16.1 Å². The Morgan fingerprint density at radius 2 is 2.00 bits per heavy atom. The van der Waals surface area contributed by atoms with Gasteiger partial charge in [0.2, 0.25) is 11.0 Å². The van der Waals surface area contributed by atoms with Crippen LogP contribution in [0.2, 0.25) is 0 Å². The molecule has 0 unspecified atom stereocenters. The van der Waals surface area contributed by atoms with Gasteiger partial charge in [-0.3, -0.25) is 4.79 Å². The molecular weight excluding hydrogens is 374 g/mol. The van der Waals surface area contributed by atoms with Gasteiger partial charge in [0.05, 0.1) is 5.92 Å². The zero-order valence-corrected chi connectivity index (χ0v) is 16.3. The van der Waals surface area contributed by atoms with Crippen molar-refractivity contribution in [3.05, 3.63) is 30.3 Å². The molecule has 0 saturated carbocycles. The molecule has 0 radical (unpaired) electrons. The number of piperidine rings is 1. The molecule has 1 amide bonds. The van der Waals surface area contributed by atoms with Crippen LogP contribution in [0.5, 0.6) is 0 Å². The molecule has 10 heteroatoms. The Kier molecular flexibility index (Phi) is 5.66. The van der Waals surface area contributed by atoms with Gasteiger partial charge >= 0.3 is 0 Å². The highest BCUT2D eigenvalue weighted by Crippen LogP contribution is 2.27. The number of carbonyl (C=O) groups is 1. The lowest BCUT2D eigenvalue weighted by atomic mass is 9.99. The number of rotatable bonds is 5. The quantitative estimate of drug-likeness (QED) is 0.831. The first-order chi connectivity index (χ1) is 12.4. The van der Waals surface area contributed by atoms with Crippen molar-refractivity contribution in [1.29, 1.82) is 0 Å². The van der Waals surface area contributed by atoms with Gasteiger partial charge in [-0.1, -0.05) is 41.7 Å². The van der Waals surface area contributed by atoms with Gasteiger partial charge < -0.3 is 5.32 Å². The van der Waals surface area contributed by atoms with Crippen molar-refractivity contribution < 1.29 is 13.2 Å². The number of amides is 1. The van der Waals surface area contributed by atoms with Crippen LogP contribution in [0.3, 0.4) is 0 Å². The molecule has 1 aromatic carbocycles. The molecule has 3 rings (SSSR count). The predicted octanol–water partition coefficient (Wildman–Crippen LogP) is 1.66. The van der Waals surface area contributed by atoms with Crippen LogP contribution in [0.1, 0.15) is 12.8 Å². The lowest BCUT2D eigenvalue weighted by molar-refractivity contribution is -0.120. The minimum absolute atomic E-state index is 0.177. The zero-order valence-electron chi connectivity index (χ0n) is 14.6. The molecule has 1 N–H and O–H groups in total. The number of benzene rings is 1. The summed E-state index contributed by atoms with van der Waals surface area (Å²) in [7, 11) is -0.527. The zero-order chi connectivity index (χ0) is 18.7. The van der Waals surface area contributed by atoms with Crippen molar-refractivity contribution in [2.75, 3.05) is 32.5 Å². The van der Waals surface area contributed by atoms with Crippen LogP contribution < -0.4 is 5.32 Å². The molecule has 1 aromatic heterocycles. The fourth-order valence-corrected chi connectivity index (χ4v) is 4.72. The highest BCUT2D eigenvalue weighted by molar-refractivity contribution is 7.86. The molecule has 1 aliphatic rings. The van der Waals surface area contributed by atoms with E-state index in [1.54, 1.807) is 0 Å². The average molecular weight is 396 g/mol. The predicted molar refractivity (Wildman–Crippen MR) is 101 cm³/mol. The number of nitrogens with zero attached hydrogens (tertiary/aromatic N) is 4. The molecule has 1 saturated heterocycles. The van der Waals surface area contributed by atoms with E-state index in [4.69, 9.17) is 0 Å². The highest BCUT2D eigenvalue weighted by Gasteiger charge is 2.33. The highest BCUT2D eigenvalue weighted by atomic mass is 32.2. The largest absolute Gasteiger partial charge is 0.300 e. The summed E-state index contributed by atoms with van der Waals surface area (Å²) in [6.07, 6.45) is 1.30. The molecule has 0 spiro atoms. The Balaban J connectivity index is 1.66. The van der Waals surface area contributed by atoms with Crippen molar-refractivity contribution in [2.24, 2.45) is 5.92 Å². The summed E-state index contributed by atoms with van der Waals surface area (Å²) in [5, 5.41) is 12.0. The fourth-order valence-electron chi connectivity index (χ4n) is 2.78. The van der Waals surface area contributed by atoms with Crippen molar-refractivity contribution in [1.82, 2.24) is 18.8 Å². The third-order valence-electron chi connectivity index (χ3n) is 4.22. The summed E-state index contributed by atoms with van der Waals surface area (Å²) in [6, 6.07) is 9.60. The fraction of sp³-hybridized carbons (Fsp3) is 0.438. The summed E-state index contributed by atoms with van der Waals surface area (Å²) in [4.78, 5) is 12.5. The van der Waals surface area contributed by atoms with Gasteiger partial charge in [-0.15, -0.1) is 10.2 Å². The van der Waals surface area contributed by atoms with E-state index in [1.807, 2.05) is 30.3 Å². The standard InChI is InChI=1S/C16H21N5O3S2/c1-20(2)26(23,24)21-10-6-9-13(11-21)14(22)17-16-19-18-15(25-16)12-7-4-3-5-8-12/h3-5,7-8,13H,6,9-11H2,1-2H3,(H,17,19,22)/t13-/m0/s1. The third-order valence-corrected chi connectivity index (χ3v) is 7.01. The minimum atomic E-state index is -3.51. The van der Waals surface area contributed by atoms with Gasteiger partial charge in [-0.25, -0.2) is 0 Å². The Morgan fingerprint density at radius 1 is 1.27 bits per heavy atom. The normalized spacial score (nSPS) is 18.8. The van der Waals surface area contributed by atoms with Crippen LogP contribution in [-0.4, -0.2) is 60.3 Å². The van der Waals surface area contributed by atoms with Crippen LogP contribution in [0.25, 0.3) is 10.6 Å². The lowest BCUT2D eigenvalue weighted by Crippen LogP contribution is -2.47. The van der Waals surface area contributed by atoms with E-state index in [0.717, 1.165) is 10.6 Å². The van der Waals surface area contributed by atoms with Gasteiger partial charge in [0, 0.05) is 32.7 Å². The summed E-state index contributed by atoms with van der Waals surface area (Å²) in [5.41, 5.74) is 0.936. The number of aromatic nitrogens is 2. The van der Waals surface area contributed by atoms with E-state index >= 15 is 0 Å². The van der Waals surface area contributed by atoms with Crippen molar-refractivity contribution in [3.8, 4) is 10.6 Å². The topological polar surface area (TPSA) is 95.5 Å². The van der Waals surface area contributed by atoms with Crippen molar-refractivity contribution in [2.45, 2.75) is 12.8 Å². The van der Waals surface area contributed by atoms with Crippen LogP contribution in [-0.2, 0) is 15.0 Å². The Morgan fingerprint density at radius 3 is 2.69 bits per heavy atom. The summed E-state index contributed by atoms with van der Waals surface area (Å²) >= 11 is 1.30. The number of anilines is 1. The first-order valence-corrected chi connectivity index (χ1v) is 10.5. The SMILES string of the molecule is CN(C)S(=O)(=O)N1CCC[C@H](C(=O)Nc2nnc(-c3ccccc3)s2)C1. The summed E-state index contributed by atoms with van der Waals surface area (Å²) in [5.74, 6) is -0.623. The smallest absolute Gasteiger partial charge is 0.281 e. The van der Waals surface area contributed by atoms with Gasteiger partial charge in [0.1, 0.15) is 5.01 Å². The second-order valence-electron chi connectivity index (χ2n) is 6.25. The maximum absolute atomic E-state index is 12.5. The van der Waals surface area contributed by atoms with E-state index in [-0.39, 0.29) is 12.5 Å². The van der Waals surface area contributed by atoms with Gasteiger partial charge in [0.25, 0.3) is 10.2 Å². The molecule has 140 valence electrons. The number of nitrogens with one attached hydrogen (secondary N) is 1. The van der Waals surface area contributed by atoms with E-state index in [9.17, 15) is 13.2 Å². The molecule has 1 aliphatic heterocycles. The Labute approximate surface area is 157 Å². The Bertz CT molecular complexity index is 867. The van der Waals surface area contributed by atoms with Crippen LogP contribution in [0, 0.1) is 5.92 Å². The molecule has 8 nitrogen and oxygen atoms in total. The van der Waals surface area contributed by atoms with E-state index in [0.29, 0.717) is 24.5 Å². The number of carbonyl (C=O) groups excluding carboxylic acids is 1. The Hall–Kier alpha value is -1.88. The van der Waals surface area contributed by atoms with Crippen molar-refractivity contribution >= 4 is 32.6 Å². The average Bonchev–Trinajstić information content (AvgIpc) is 3.11. The number of hydrogen-bond acceptors (Lipinski definition) is 6. The molecule has 2 aromatic rings. The molecule has 1 atom stereocenters. The monoisotopic (exact) mass is 395 g/mol. The third kappa shape index (κ3) is 4.09.